The van der Waals surface area contributed by atoms with Gasteiger partial charge in [0, 0.05) is 24.2 Å². The summed E-state index contributed by atoms with van der Waals surface area (Å²) in [4.78, 5) is 1.65. The number of alkyl halides is 2. The van der Waals surface area contributed by atoms with Crippen molar-refractivity contribution in [2.75, 3.05) is 18.0 Å². The average molecular weight is 299 g/mol. The lowest BCUT2D eigenvalue weighted by molar-refractivity contribution is -0.0267. The van der Waals surface area contributed by atoms with Crippen molar-refractivity contribution in [1.29, 1.82) is 0 Å². The molecule has 1 aliphatic heterocycles. The maximum absolute atomic E-state index is 13.0. The van der Waals surface area contributed by atoms with Crippen LogP contribution in [0.25, 0.3) is 0 Å². The molecule has 0 aromatic carbocycles. The van der Waals surface area contributed by atoms with E-state index >= 15 is 0 Å². The first kappa shape index (κ1) is 16.2. The monoisotopic (exact) mass is 299 g/mol. The van der Waals surface area contributed by atoms with Crippen molar-refractivity contribution in [3.05, 3.63) is 11.8 Å². The number of unbranched alkanes of at least 4 members (excludes halogenated alkanes) is 3. The molecule has 1 aromatic rings. The SMILES string of the molecule is CCCCCCC(C)(C)c1cc(N2CC(F)(F)C2)nn1C. The van der Waals surface area contributed by atoms with E-state index in [-0.39, 0.29) is 18.5 Å². The predicted molar refractivity (Wildman–Crippen MR) is 82.2 cm³/mol. The fraction of sp³-hybridized carbons (Fsp3) is 0.812. The van der Waals surface area contributed by atoms with Gasteiger partial charge in [0.25, 0.3) is 5.92 Å². The minimum Gasteiger partial charge on any atom is -0.343 e. The number of hydrogen-bond acceptors (Lipinski definition) is 2. The summed E-state index contributed by atoms with van der Waals surface area (Å²) in [7, 11) is 1.91. The third-order valence-electron chi connectivity index (χ3n) is 4.38. The Bertz CT molecular complexity index is 472. The fourth-order valence-electron chi connectivity index (χ4n) is 3.04. The van der Waals surface area contributed by atoms with Crippen molar-refractivity contribution in [3.8, 4) is 0 Å². The van der Waals surface area contributed by atoms with Crippen molar-refractivity contribution in [1.82, 2.24) is 9.78 Å². The number of anilines is 1. The third-order valence-corrected chi connectivity index (χ3v) is 4.38. The number of hydrogen-bond donors (Lipinski definition) is 0. The summed E-state index contributed by atoms with van der Waals surface area (Å²) in [6, 6.07) is 1.98. The summed E-state index contributed by atoms with van der Waals surface area (Å²) in [5.74, 6) is -1.87. The van der Waals surface area contributed by atoms with Crippen molar-refractivity contribution >= 4 is 5.82 Å². The zero-order chi connectivity index (χ0) is 15.7. The van der Waals surface area contributed by atoms with Crippen LogP contribution in [-0.2, 0) is 12.5 Å². The van der Waals surface area contributed by atoms with E-state index in [1.165, 1.54) is 25.7 Å². The topological polar surface area (TPSA) is 21.1 Å². The van der Waals surface area contributed by atoms with Gasteiger partial charge >= 0.3 is 0 Å². The third kappa shape index (κ3) is 3.74. The van der Waals surface area contributed by atoms with Crippen LogP contribution < -0.4 is 4.90 Å². The molecule has 0 bridgehead atoms. The van der Waals surface area contributed by atoms with Gasteiger partial charge in [-0.2, -0.15) is 5.10 Å². The molecular weight excluding hydrogens is 272 g/mol. The van der Waals surface area contributed by atoms with E-state index in [9.17, 15) is 8.78 Å². The van der Waals surface area contributed by atoms with E-state index in [4.69, 9.17) is 0 Å². The molecular formula is C16H27F2N3. The van der Waals surface area contributed by atoms with E-state index in [1.54, 1.807) is 4.90 Å². The number of rotatable bonds is 7. The van der Waals surface area contributed by atoms with E-state index in [0.717, 1.165) is 12.1 Å². The van der Waals surface area contributed by atoms with Crippen LogP contribution in [0.2, 0.25) is 0 Å². The molecule has 120 valence electrons. The van der Waals surface area contributed by atoms with E-state index in [1.807, 2.05) is 17.8 Å². The van der Waals surface area contributed by atoms with Gasteiger partial charge in [0.2, 0.25) is 0 Å². The Morgan fingerprint density at radius 3 is 2.48 bits per heavy atom. The highest BCUT2D eigenvalue weighted by Gasteiger charge is 2.45. The van der Waals surface area contributed by atoms with Crippen LogP contribution in [-0.4, -0.2) is 28.8 Å². The van der Waals surface area contributed by atoms with Gasteiger partial charge in [-0.3, -0.25) is 4.68 Å². The van der Waals surface area contributed by atoms with Gasteiger partial charge in [-0.05, 0) is 6.42 Å². The maximum atomic E-state index is 13.0. The van der Waals surface area contributed by atoms with Gasteiger partial charge in [-0.25, -0.2) is 8.78 Å². The van der Waals surface area contributed by atoms with E-state index < -0.39 is 5.92 Å². The fourth-order valence-corrected chi connectivity index (χ4v) is 3.04. The van der Waals surface area contributed by atoms with Crippen molar-refractivity contribution in [2.45, 2.75) is 64.2 Å². The number of halogens is 2. The molecule has 0 N–H and O–H groups in total. The number of aromatic nitrogens is 2. The van der Waals surface area contributed by atoms with Gasteiger partial charge in [-0.1, -0.05) is 46.5 Å². The van der Waals surface area contributed by atoms with Gasteiger partial charge in [0.1, 0.15) is 0 Å². The summed E-state index contributed by atoms with van der Waals surface area (Å²) in [6.07, 6.45) is 6.06. The lowest BCUT2D eigenvalue weighted by Crippen LogP contribution is -2.56. The largest absolute Gasteiger partial charge is 0.343 e. The molecule has 0 saturated carbocycles. The molecule has 0 aliphatic carbocycles. The Labute approximate surface area is 126 Å². The first-order chi connectivity index (χ1) is 9.75. The summed E-state index contributed by atoms with van der Waals surface area (Å²) in [5.41, 5.74) is 1.16. The first-order valence-electron chi connectivity index (χ1n) is 7.92. The van der Waals surface area contributed by atoms with Crippen LogP contribution in [0.3, 0.4) is 0 Å². The smallest absolute Gasteiger partial charge is 0.282 e. The molecule has 5 heteroatoms. The van der Waals surface area contributed by atoms with Gasteiger partial charge in [-0.15, -0.1) is 0 Å². The summed E-state index contributed by atoms with van der Waals surface area (Å²) >= 11 is 0. The van der Waals surface area contributed by atoms with Crippen LogP contribution in [0.1, 0.15) is 58.6 Å². The first-order valence-corrected chi connectivity index (χ1v) is 7.92. The number of nitrogens with zero attached hydrogens (tertiary/aromatic N) is 3. The number of aryl methyl sites for hydroxylation is 1. The molecule has 3 nitrogen and oxygen atoms in total. The van der Waals surface area contributed by atoms with Crippen LogP contribution in [0.15, 0.2) is 6.07 Å². The average Bonchev–Trinajstić information content (AvgIpc) is 2.74. The summed E-state index contributed by atoms with van der Waals surface area (Å²) in [5, 5.41) is 4.42. The molecule has 1 aromatic heterocycles. The van der Waals surface area contributed by atoms with Crippen molar-refractivity contribution in [3.63, 3.8) is 0 Å². The molecule has 0 spiro atoms. The van der Waals surface area contributed by atoms with Gasteiger partial charge in [0.05, 0.1) is 13.1 Å². The highest BCUT2D eigenvalue weighted by atomic mass is 19.3. The lowest BCUT2D eigenvalue weighted by Gasteiger charge is -2.38. The normalized spacial score (nSPS) is 17.9. The Morgan fingerprint density at radius 2 is 1.90 bits per heavy atom. The van der Waals surface area contributed by atoms with Crippen LogP contribution in [0, 0.1) is 0 Å². The zero-order valence-corrected chi connectivity index (χ0v) is 13.6. The standard InChI is InChI=1S/C16H27F2N3/c1-5-6-7-8-9-15(2,3)13-10-14(19-20(13)4)21-11-16(17,18)12-21/h10H,5-9,11-12H2,1-4H3. The second-order valence-corrected chi connectivity index (χ2v) is 6.92. The minimum absolute atomic E-state index is 0.0289. The molecule has 1 aliphatic rings. The van der Waals surface area contributed by atoms with E-state index in [2.05, 4.69) is 25.9 Å². The molecule has 2 rings (SSSR count). The zero-order valence-electron chi connectivity index (χ0n) is 13.6. The molecule has 21 heavy (non-hydrogen) atoms. The molecule has 0 amide bonds. The Morgan fingerprint density at radius 1 is 1.24 bits per heavy atom. The van der Waals surface area contributed by atoms with Crippen molar-refractivity contribution in [2.24, 2.45) is 7.05 Å². The molecule has 1 fully saturated rings. The molecule has 0 radical (unpaired) electrons. The molecule has 0 unspecified atom stereocenters. The van der Waals surface area contributed by atoms with Crippen molar-refractivity contribution < 1.29 is 8.78 Å². The predicted octanol–water partition coefficient (Wildman–Crippen LogP) is 4.12. The van der Waals surface area contributed by atoms with Gasteiger partial charge < -0.3 is 4.90 Å². The minimum atomic E-state index is -2.55. The second kappa shape index (κ2) is 5.93. The van der Waals surface area contributed by atoms with E-state index in [0.29, 0.717) is 5.82 Å². The highest BCUT2D eigenvalue weighted by molar-refractivity contribution is 5.45. The maximum Gasteiger partial charge on any atom is 0.282 e. The second-order valence-electron chi connectivity index (χ2n) is 6.92. The van der Waals surface area contributed by atoms with Crippen LogP contribution in [0.5, 0.6) is 0 Å². The summed E-state index contributed by atoms with van der Waals surface area (Å²) < 4.78 is 27.8. The molecule has 2 heterocycles. The Hall–Kier alpha value is -1.13. The Balaban J connectivity index is 2.00. The highest BCUT2D eigenvalue weighted by Crippen LogP contribution is 2.35. The Kier molecular flexibility index (Phi) is 4.59. The van der Waals surface area contributed by atoms with Crippen LogP contribution in [0.4, 0.5) is 14.6 Å². The van der Waals surface area contributed by atoms with Crippen LogP contribution >= 0.6 is 0 Å². The molecule has 0 atom stereocenters. The lowest BCUT2D eigenvalue weighted by atomic mass is 9.83. The quantitative estimate of drug-likeness (QED) is 0.706. The summed E-state index contributed by atoms with van der Waals surface area (Å²) in [6.45, 7) is 6.22. The van der Waals surface area contributed by atoms with Gasteiger partial charge in [0.15, 0.2) is 5.82 Å². The molecule has 1 saturated heterocycles.